The average molecular weight is 418 g/mol. The van der Waals surface area contributed by atoms with E-state index in [1.54, 1.807) is 0 Å². The van der Waals surface area contributed by atoms with E-state index >= 15 is 0 Å². The fourth-order valence-electron chi connectivity index (χ4n) is 3.85. The largest absolute Gasteiger partial charge is 0.368 e. The second-order valence-electron chi connectivity index (χ2n) is 7.37. The van der Waals surface area contributed by atoms with Crippen molar-refractivity contribution in [3.8, 4) is 0 Å². The van der Waals surface area contributed by atoms with Gasteiger partial charge in [-0.05, 0) is 25.2 Å². The number of anilines is 3. The number of piperazine rings is 2. The normalized spacial score (nSPS) is 18.2. The molecule has 2 aliphatic heterocycles. The van der Waals surface area contributed by atoms with Crippen molar-refractivity contribution in [2.45, 2.75) is 0 Å². The first-order valence-electron chi connectivity index (χ1n) is 9.71. The minimum absolute atomic E-state index is 0.00765. The van der Waals surface area contributed by atoms with Crippen molar-refractivity contribution in [2.24, 2.45) is 0 Å². The minimum Gasteiger partial charge on any atom is -0.368 e. The molecule has 4 rings (SSSR count). The monoisotopic (exact) mass is 417 g/mol. The molecule has 1 aromatic carbocycles. The van der Waals surface area contributed by atoms with Gasteiger partial charge < -0.3 is 19.6 Å². The molecule has 9 nitrogen and oxygen atoms in total. The lowest BCUT2D eigenvalue weighted by Crippen LogP contribution is -2.47. The van der Waals surface area contributed by atoms with Crippen molar-refractivity contribution in [3.05, 3.63) is 45.7 Å². The maximum atomic E-state index is 12.0. The molecule has 29 heavy (non-hydrogen) atoms. The molecule has 0 bridgehead atoms. The SMILES string of the molecule is CN1CCN(c2ncnc(N3CCN(c4cccc(Cl)c4)CC3)c2[N+](=O)[O-])CC1. The van der Waals surface area contributed by atoms with Gasteiger partial charge in [-0.2, -0.15) is 0 Å². The number of benzene rings is 1. The highest BCUT2D eigenvalue weighted by atomic mass is 35.5. The average Bonchev–Trinajstić information content (AvgIpc) is 2.74. The van der Waals surface area contributed by atoms with E-state index in [0.717, 1.165) is 45.0 Å². The second-order valence-corrected chi connectivity index (χ2v) is 7.81. The molecule has 154 valence electrons. The third kappa shape index (κ3) is 4.20. The number of hydrogen-bond acceptors (Lipinski definition) is 8. The summed E-state index contributed by atoms with van der Waals surface area (Å²) in [5.41, 5.74) is 1.07. The fourth-order valence-corrected chi connectivity index (χ4v) is 4.04. The molecule has 0 unspecified atom stereocenters. The van der Waals surface area contributed by atoms with Gasteiger partial charge in [0, 0.05) is 63.1 Å². The molecule has 2 aromatic rings. The summed E-state index contributed by atoms with van der Waals surface area (Å²) in [6.07, 6.45) is 1.44. The second kappa shape index (κ2) is 8.38. The molecule has 1 aromatic heterocycles. The molecule has 0 radical (unpaired) electrons. The Morgan fingerprint density at radius 2 is 1.48 bits per heavy atom. The zero-order chi connectivity index (χ0) is 20.4. The van der Waals surface area contributed by atoms with Crippen LogP contribution in [-0.4, -0.2) is 79.2 Å². The molecular formula is C19H24ClN7O2. The molecule has 0 atom stereocenters. The van der Waals surface area contributed by atoms with Crippen LogP contribution < -0.4 is 14.7 Å². The van der Waals surface area contributed by atoms with Crippen LogP contribution in [0.3, 0.4) is 0 Å². The Balaban J connectivity index is 1.54. The topological polar surface area (TPSA) is 81.9 Å². The van der Waals surface area contributed by atoms with Gasteiger partial charge >= 0.3 is 5.69 Å². The van der Waals surface area contributed by atoms with Crippen LogP contribution in [0.4, 0.5) is 23.0 Å². The van der Waals surface area contributed by atoms with E-state index in [2.05, 4.69) is 26.8 Å². The minimum atomic E-state index is -0.341. The Morgan fingerprint density at radius 3 is 2.03 bits per heavy atom. The van der Waals surface area contributed by atoms with Crippen LogP contribution in [0.2, 0.25) is 5.02 Å². The molecule has 0 saturated carbocycles. The van der Waals surface area contributed by atoms with Crippen LogP contribution in [0.5, 0.6) is 0 Å². The van der Waals surface area contributed by atoms with E-state index in [1.165, 1.54) is 6.33 Å². The van der Waals surface area contributed by atoms with Gasteiger partial charge in [0.2, 0.25) is 11.6 Å². The van der Waals surface area contributed by atoms with E-state index in [9.17, 15) is 10.1 Å². The zero-order valence-electron chi connectivity index (χ0n) is 16.4. The molecule has 2 aliphatic rings. The maximum Gasteiger partial charge on any atom is 0.353 e. The van der Waals surface area contributed by atoms with E-state index in [-0.39, 0.29) is 10.6 Å². The van der Waals surface area contributed by atoms with Crippen molar-refractivity contribution in [3.63, 3.8) is 0 Å². The number of halogens is 1. The highest BCUT2D eigenvalue weighted by molar-refractivity contribution is 6.30. The molecule has 2 saturated heterocycles. The van der Waals surface area contributed by atoms with Gasteiger partial charge in [-0.15, -0.1) is 0 Å². The van der Waals surface area contributed by atoms with Crippen molar-refractivity contribution in [2.75, 3.05) is 74.1 Å². The van der Waals surface area contributed by atoms with Gasteiger partial charge in [-0.1, -0.05) is 17.7 Å². The van der Waals surface area contributed by atoms with Gasteiger partial charge in [0.1, 0.15) is 6.33 Å². The molecule has 0 N–H and O–H groups in total. The summed E-state index contributed by atoms with van der Waals surface area (Å²) in [5.74, 6) is 0.829. The molecule has 0 amide bonds. The van der Waals surface area contributed by atoms with E-state index in [1.807, 2.05) is 34.1 Å². The molecule has 0 spiro atoms. The van der Waals surface area contributed by atoms with Gasteiger partial charge in [0.05, 0.1) is 4.92 Å². The Labute approximate surface area is 174 Å². The number of nitro groups is 1. The first-order chi connectivity index (χ1) is 14.0. The van der Waals surface area contributed by atoms with Crippen LogP contribution in [-0.2, 0) is 0 Å². The number of hydrogen-bond donors (Lipinski definition) is 0. The van der Waals surface area contributed by atoms with Crippen molar-refractivity contribution in [1.82, 2.24) is 14.9 Å². The Hall–Kier alpha value is -2.65. The lowest BCUT2D eigenvalue weighted by molar-refractivity contribution is -0.383. The van der Waals surface area contributed by atoms with Gasteiger partial charge in [-0.25, -0.2) is 9.97 Å². The summed E-state index contributed by atoms with van der Waals surface area (Å²) in [6.45, 7) is 5.92. The van der Waals surface area contributed by atoms with E-state index in [4.69, 9.17) is 11.6 Å². The van der Waals surface area contributed by atoms with Gasteiger partial charge in [0.15, 0.2) is 0 Å². The summed E-state index contributed by atoms with van der Waals surface area (Å²) in [5, 5.41) is 12.7. The van der Waals surface area contributed by atoms with Crippen molar-refractivity contribution in [1.29, 1.82) is 0 Å². The van der Waals surface area contributed by atoms with Crippen LogP contribution >= 0.6 is 11.6 Å². The smallest absolute Gasteiger partial charge is 0.353 e. The first kappa shape index (κ1) is 19.7. The third-order valence-corrected chi connectivity index (χ3v) is 5.76. The van der Waals surface area contributed by atoms with Crippen LogP contribution in [0, 0.1) is 10.1 Å². The Bertz CT molecular complexity index is 881. The molecular weight excluding hydrogens is 394 g/mol. The molecule has 0 aliphatic carbocycles. The summed E-state index contributed by atoms with van der Waals surface area (Å²) >= 11 is 6.11. The number of rotatable bonds is 4. The summed E-state index contributed by atoms with van der Waals surface area (Å²) in [4.78, 5) is 28.6. The maximum absolute atomic E-state index is 12.0. The number of nitrogens with zero attached hydrogens (tertiary/aromatic N) is 7. The van der Waals surface area contributed by atoms with Crippen LogP contribution in [0.25, 0.3) is 0 Å². The summed E-state index contributed by atoms with van der Waals surface area (Å²) in [6, 6.07) is 7.75. The van der Waals surface area contributed by atoms with Gasteiger partial charge in [-0.3, -0.25) is 10.1 Å². The predicted octanol–water partition coefficient (Wildman–Crippen LogP) is 2.12. The lowest BCUT2D eigenvalue weighted by Gasteiger charge is -2.37. The van der Waals surface area contributed by atoms with Crippen molar-refractivity contribution >= 4 is 34.6 Å². The van der Waals surface area contributed by atoms with E-state index in [0.29, 0.717) is 29.7 Å². The van der Waals surface area contributed by atoms with Crippen LogP contribution in [0.1, 0.15) is 0 Å². The zero-order valence-corrected chi connectivity index (χ0v) is 17.1. The summed E-state index contributed by atoms with van der Waals surface area (Å²) < 4.78 is 0. The fraction of sp³-hybridized carbons (Fsp3) is 0.474. The van der Waals surface area contributed by atoms with Crippen LogP contribution in [0.15, 0.2) is 30.6 Å². The first-order valence-corrected chi connectivity index (χ1v) is 10.1. The Kier molecular flexibility index (Phi) is 5.68. The highest BCUT2D eigenvalue weighted by Gasteiger charge is 2.32. The number of likely N-dealkylation sites (N-methyl/N-ethyl adjacent to an activating group) is 1. The Morgan fingerprint density at radius 1 is 0.931 bits per heavy atom. The standard InChI is InChI=1S/C19H24ClN7O2/c1-23-5-7-25(8-6-23)18-17(27(28)29)19(22-14-21-18)26-11-9-24(10-12-26)16-4-2-3-15(20)13-16/h2-4,13-14H,5-12H2,1H3. The quantitative estimate of drug-likeness (QED) is 0.552. The highest BCUT2D eigenvalue weighted by Crippen LogP contribution is 2.35. The predicted molar refractivity (Wildman–Crippen MR) is 114 cm³/mol. The van der Waals surface area contributed by atoms with Gasteiger partial charge in [0.25, 0.3) is 0 Å². The molecule has 3 heterocycles. The third-order valence-electron chi connectivity index (χ3n) is 5.52. The lowest BCUT2D eigenvalue weighted by atomic mass is 10.2. The number of aromatic nitrogens is 2. The summed E-state index contributed by atoms with van der Waals surface area (Å²) in [7, 11) is 2.05. The van der Waals surface area contributed by atoms with Crippen molar-refractivity contribution < 1.29 is 4.92 Å². The van der Waals surface area contributed by atoms with E-state index < -0.39 is 0 Å². The molecule has 2 fully saturated rings. The molecule has 10 heteroatoms.